The van der Waals surface area contributed by atoms with Crippen molar-refractivity contribution in [2.45, 2.75) is 26.4 Å². The molecule has 0 aromatic rings. The number of hydrogen-bond acceptors (Lipinski definition) is 7. The number of carbonyl (C=O) groups is 2. The number of nitrogens with one attached hydrogen (secondary N) is 1. The van der Waals surface area contributed by atoms with Gasteiger partial charge in [0.2, 0.25) is 5.91 Å². The zero-order valence-electron chi connectivity index (χ0n) is 10.9. The second-order valence-corrected chi connectivity index (χ2v) is 4.27. The van der Waals surface area contributed by atoms with Gasteiger partial charge in [0.25, 0.3) is 0 Å². The minimum absolute atomic E-state index is 0.000230. The van der Waals surface area contributed by atoms with Crippen LogP contribution in [0.4, 0.5) is 4.79 Å². The largest absolute Gasteiger partial charge is 0.537 e. The van der Waals surface area contributed by atoms with Crippen molar-refractivity contribution in [3.8, 4) is 0 Å². The Kier molecular flexibility index (Phi) is 11.0. The van der Waals surface area contributed by atoms with Crippen LogP contribution in [0.5, 0.6) is 0 Å². The van der Waals surface area contributed by atoms with Crippen molar-refractivity contribution in [1.29, 1.82) is 0 Å². The summed E-state index contributed by atoms with van der Waals surface area (Å²) in [7, 11) is 0. The zero-order chi connectivity index (χ0) is 15.5. The predicted octanol–water partition coefficient (Wildman–Crippen LogP) is -0.982. The Balaban J connectivity index is 0. The van der Waals surface area contributed by atoms with E-state index in [4.69, 9.17) is 25.4 Å². The van der Waals surface area contributed by atoms with Crippen molar-refractivity contribution in [3.05, 3.63) is 0 Å². The molecule has 0 radical (unpaired) electrons. The lowest BCUT2D eigenvalue weighted by atomic mass is 9.87. The molecule has 9 heteroatoms. The van der Waals surface area contributed by atoms with Crippen LogP contribution in [-0.4, -0.2) is 63.6 Å². The van der Waals surface area contributed by atoms with E-state index in [0.29, 0.717) is 13.0 Å². The van der Waals surface area contributed by atoms with E-state index in [1.54, 1.807) is 13.8 Å². The van der Waals surface area contributed by atoms with Gasteiger partial charge in [-0.15, -0.1) is 0 Å². The first-order valence-electron chi connectivity index (χ1n) is 5.44. The number of carboxylic acid groups (broad SMARTS) is 1. The van der Waals surface area contributed by atoms with E-state index in [1.165, 1.54) is 0 Å². The Morgan fingerprint density at radius 1 is 1.32 bits per heavy atom. The van der Waals surface area contributed by atoms with E-state index in [2.05, 4.69) is 10.2 Å². The molecule has 0 aliphatic carbocycles. The second kappa shape index (κ2) is 10.5. The fourth-order valence-corrected chi connectivity index (χ4v) is 0.829. The molecule has 0 aliphatic rings. The van der Waals surface area contributed by atoms with Crippen molar-refractivity contribution < 1.29 is 40.2 Å². The predicted molar refractivity (Wildman–Crippen MR) is 63.3 cm³/mol. The molecule has 0 saturated heterocycles. The van der Waals surface area contributed by atoms with Crippen molar-refractivity contribution in [2.75, 3.05) is 19.8 Å². The first-order chi connectivity index (χ1) is 8.72. The third-order valence-corrected chi connectivity index (χ3v) is 2.11. The summed E-state index contributed by atoms with van der Waals surface area (Å²) in [6, 6.07) is 0. The summed E-state index contributed by atoms with van der Waals surface area (Å²) in [5.74, 6) is -0.516. The van der Waals surface area contributed by atoms with E-state index >= 15 is 0 Å². The van der Waals surface area contributed by atoms with Crippen LogP contribution in [0.15, 0.2) is 0 Å². The SMILES string of the molecule is CC(C)(CO)C(O)C(=O)NCCCO.O=C(O)OO. The standard InChI is InChI=1S/C9H19NO4.CH2O4/c1-9(2,6-12)7(13)8(14)10-4-3-5-11;2-1(3)5-4/h7,11-13H,3-6H2,1-2H3,(H,10,14);4H,(H,2,3). The monoisotopic (exact) mass is 283 g/mol. The highest BCUT2D eigenvalue weighted by atomic mass is 17.1. The highest BCUT2D eigenvalue weighted by Gasteiger charge is 2.32. The van der Waals surface area contributed by atoms with Crippen molar-refractivity contribution in [1.82, 2.24) is 5.32 Å². The molecule has 0 bridgehead atoms. The number of carbonyl (C=O) groups excluding carboxylic acids is 1. The molecule has 0 aromatic carbocycles. The lowest BCUT2D eigenvalue weighted by Crippen LogP contribution is -2.45. The smallest absolute Gasteiger partial charge is 0.448 e. The van der Waals surface area contributed by atoms with Gasteiger partial charge in [-0.3, -0.25) is 9.68 Å². The molecule has 0 spiro atoms. The Hall–Kier alpha value is -1.42. The molecule has 9 nitrogen and oxygen atoms in total. The lowest BCUT2D eigenvalue weighted by molar-refractivity contribution is -0.194. The van der Waals surface area contributed by atoms with Gasteiger partial charge in [-0.1, -0.05) is 13.8 Å². The zero-order valence-corrected chi connectivity index (χ0v) is 10.9. The van der Waals surface area contributed by atoms with Crippen molar-refractivity contribution >= 4 is 12.1 Å². The van der Waals surface area contributed by atoms with Gasteiger partial charge in [-0.25, -0.2) is 4.79 Å². The first kappa shape index (κ1) is 19.9. The van der Waals surface area contributed by atoms with Crippen LogP contribution >= 0.6 is 0 Å². The van der Waals surface area contributed by atoms with Crippen LogP contribution < -0.4 is 5.32 Å². The van der Waals surface area contributed by atoms with Gasteiger partial charge in [0.15, 0.2) is 0 Å². The van der Waals surface area contributed by atoms with Crippen LogP contribution in [0.25, 0.3) is 0 Å². The second-order valence-electron chi connectivity index (χ2n) is 4.27. The molecule has 19 heavy (non-hydrogen) atoms. The van der Waals surface area contributed by atoms with Gasteiger partial charge in [0, 0.05) is 18.6 Å². The maximum Gasteiger partial charge on any atom is 0.537 e. The molecule has 1 atom stereocenters. The lowest BCUT2D eigenvalue weighted by Gasteiger charge is -2.27. The van der Waals surface area contributed by atoms with E-state index in [-0.39, 0.29) is 13.2 Å². The molecule has 114 valence electrons. The Labute approximate surface area is 110 Å². The van der Waals surface area contributed by atoms with Crippen LogP contribution in [-0.2, 0) is 9.68 Å². The van der Waals surface area contributed by atoms with Crippen LogP contribution in [0.3, 0.4) is 0 Å². The quantitative estimate of drug-likeness (QED) is 0.206. The number of rotatable bonds is 6. The molecule has 0 fully saturated rings. The Morgan fingerprint density at radius 2 is 1.79 bits per heavy atom. The average molecular weight is 283 g/mol. The highest BCUT2D eigenvalue weighted by Crippen LogP contribution is 2.19. The Bertz CT molecular complexity index is 268. The van der Waals surface area contributed by atoms with Gasteiger partial charge >= 0.3 is 6.16 Å². The highest BCUT2D eigenvalue weighted by molar-refractivity contribution is 5.81. The minimum atomic E-state index is -1.69. The van der Waals surface area contributed by atoms with Gasteiger partial charge in [-0.2, -0.15) is 5.26 Å². The van der Waals surface area contributed by atoms with Gasteiger partial charge in [0.05, 0.1) is 6.61 Å². The number of aliphatic hydroxyl groups is 3. The van der Waals surface area contributed by atoms with E-state index in [1.807, 2.05) is 0 Å². The summed E-state index contributed by atoms with van der Waals surface area (Å²) in [6.07, 6.45) is -2.46. The maximum absolute atomic E-state index is 11.3. The summed E-state index contributed by atoms with van der Waals surface area (Å²) in [6.45, 7) is 3.27. The summed E-state index contributed by atoms with van der Waals surface area (Å²) >= 11 is 0. The van der Waals surface area contributed by atoms with Crippen LogP contribution in [0.1, 0.15) is 20.3 Å². The first-order valence-corrected chi connectivity index (χ1v) is 5.44. The normalized spacial score (nSPS) is 11.9. The minimum Gasteiger partial charge on any atom is -0.448 e. The fraction of sp³-hybridized carbons (Fsp3) is 0.800. The molecule has 6 N–H and O–H groups in total. The van der Waals surface area contributed by atoms with E-state index in [0.717, 1.165) is 0 Å². The fourth-order valence-electron chi connectivity index (χ4n) is 0.829. The Morgan fingerprint density at radius 3 is 2.11 bits per heavy atom. The molecule has 0 aromatic heterocycles. The van der Waals surface area contributed by atoms with Gasteiger partial charge in [-0.05, 0) is 6.42 Å². The summed E-state index contributed by atoms with van der Waals surface area (Å²) < 4.78 is 0. The summed E-state index contributed by atoms with van der Waals surface area (Å²) in [4.78, 5) is 22.8. The molecule has 1 unspecified atom stereocenters. The summed E-state index contributed by atoms with van der Waals surface area (Å²) in [5, 5.41) is 43.6. The molecular weight excluding hydrogens is 262 g/mol. The number of amides is 1. The molecule has 1 amide bonds. The topological polar surface area (TPSA) is 157 Å². The van der Waals surface area contributed by atoms with Gasteiger partial charge in [0.1, 0.15) is 6.10 Å². The third kappa shape index (κ3) is 10.2. The number of hydrogen-bond donors (Lipinski definition) is 6. The summed E-state index contributed by atoms with van der Waals surface area (Å²) in [5.41, 5.74) is -0.844. The third-order valence-electron chi connectivity index (χ3n) is 2.11. The van der Waals surface area contributed by atoms with Crippen LogP contribution in [0, 0.1) is 5.41 Å². The van der Waals surface area contributed by atoms with Crippen molar-refractivity contribution in [3.63, 3.8) is 0 Å². The van der Waals surface area contributed by atoms with Crippen molar-refractivity contribution in [2.24, 2.45) is 5.41 Å². The van der Waals surface area contributed by atoms with Gasteiger partial charge < -0.3 is 25.7 Å². The molecule has 0 aliphatic heterocycles. The average Bonchev–Trinajstić information content (AvgIpc) is 2.38. The molecule has 0 heterocycles. The molecule has 0 rings (SSSR count). The number of aliphatic hydroxyl groups excluding tert-OH is 3. The van der Waals surface area contributed by atoms with Crippen LogP contribution in [0.2, 0.25) is 0 Å². The van der Waals surface area contributed by atoms with E-state index < -0.39 is 23.6 Å². The molecule has 0 saturated carbocycles. The van der Waals surface area contributed by atoms with E-state index in [9.17, 15) is 9.90 Å². The maximum atomic E-state index is 11.3. The molecular formula is C10H21NO8.